The van der Waals surface area contributed by atoms with Gasteiger partial charge in [0.05, 0.1) is 12.8 Å². The molecule has 2 N–H and O–H groups in total. The van der Waals surface area contributed by atoms with Crippen LogP contribution < -0.4 is 15.4 Å². The number of benzene rings is 1. The second-order valence-corrected chi connectivity index (χ2v) is 3.69. The van der Waals surface area contributed by atoms with E-state index in [1.807, 2.05) is 7.05 Å². The highest BCUT2D eigenvalue weighted by Crippen LogP contribution is 2.29. The van der Waals surface area contributed by atoms with Crippen molar-refractivity contribution in [3.63, 3.8) is 0 Å². The lowest BCUT2D eigenvalue weighted by atomic mass is 10.1. The van der Waals surface area contributed by atoms with Crippen molar-refractivity contribution in [1.82, 2.24) is 5.32 Å². The summed E-state index contributed by atoms with van der Waals surface area (Å²) in [6, 6.07) is 4.24. The topological polar surface area (TPSA) is 33.3 Å². The summed E-state index contributed by atoms with van der Waals surface area (Å²) in [6.45, 7) is 6.00. The first-order chi connectivity index (χ1) is 7.19. The predicted molar refractivity (Wildman–Crippen MR) is 64.9 cm³/mol. The van der Waals surface area contributed by atoms with Gasteiger partial charge in [0.2, 0.25) is 0 Å². The zero-order chi connectivity index (χ0) is 11.3. The fourth-order valence-corrected chi connectivity index (χ4v) is 1.68. The summed E-state index contributed by atoms with van der Waals surface area (Å²) in [6.07, 6.45) is 0. The number of methoxy groups -OCH3 is 1. The Balaban J connectivity index is 2.84. The molecule has 15 heavy (non-hydrogen) atoms. The number of nitrogens with one attached hydrogen (secondary N) is 2. The summed E-state index contributed by atoms with van der Waals surface area (Å²) in [7, 11) is 3.65. The Labute approximate surface area is 91.8 Å². The number of hydrogen-bond acceptors (Lipinski definition) is 3. The van der Waals surface area contributed by atoms with Crippen LogP contribution in [0, 0.1) is 13.8 Å². The molecule has 1 rings (SSSR count). The van der Waals surface area contributed by atoms with E-state index in [9.17, 15) is 0 Å². The van der Waals surface area contributed by atoms with Crippen LogP contribution in [0.15, 0.2) is 12.1 Å². The van der Waals surface area contributed by atoms with E-state index in [2.05, 4.69) is 36.6 Å². The van der Waals surface area contributed by atoms with E-state index >= 15 is 0 Å². The minimum Gasteiger partial charge on any atom is -0.494 e. The van der Waals surface area contributed by atoms with Crippen molar-refractivity contribution in [2.45, 2.75) is 13.8 Å². The molecule has 0 radical (unpaired) electrons. The molecule has 84 valence electrons. The van der Waals surface area contributed by atoms with Crippen molar-refractivity contribution >= 4 is 5.69 Å². The maximum Gasteiger partial charge on any atom is 0.144 e. The van der Waals surface area contributed by atoms with Gasteiger partial charge in [-0.3, -0.25) is 0 Å². The minimum absolute atomic E-state index is 0.899. The van der Waals surface area contributed by atoms with Crippen LogP contribution in [-0.2, 0) is 0 Å². The third kappa shape index (κ3) is 3.13. The van der Waals surface area contributed by atoms with Crippen molar-refractivity contribution in [1.29, 1.82) is 0 Å². The molecule has 0 aliphatic rings. The van der Waals surface area contributed by atoms with Crippen LogP contribution in [0.5, 0.6) is 5.75 Å². The molecule has 0 aromatic heterocycles. The summed E-state index contributed by atoms with van der Waals surface area (Å²) >= 11 is 0. The van der Waals surface area contributed by atoms with Gasteiger partial charge in [0.1, 0.15) is 5.75 Å². The van der Waals surface area contributed by atoms with Gasteiger partial charge in [-0.15, -0.1) is 0 Å². The molecule has 0 saturated heterocycles. The molecule has 0 aliphatic carbocycles. The number of anilines is 1. The number of ether oxygens (including phenoxy) is 1. The molecule has 1 aromatic rings. The Morgan fingerprint density at radius 3 is 2.53 bits per heavy atom. The van der Waals surface area contributed by atoms with Gasteiger partial charge in [-0.25, -0.2) is 0 Å². The summed E-state index contributed by atoms with van der Waals surface area (Å²) in [5.41, 5.74) is 3.50. The Hall–Kier alpha value is -1.22. The molecule has 0 fully saturated rings. The Morgan fingerprint density at radius 1 is 1.20 bits per heavy atom. The first-order valence-corrected chi connectivity index (χ1v) is 5.22. The molecular formula is C12H20N2O. The van der Waals surface area contributed by atoms with Crippen molar-refractivity contribution in [2.24, 2.45) is 0 Å². The highest BCUT2D eigenvalue weighted by Gasteiger charge is 2.06. The Bertz CT molecular complexity index is 324. The second kappa shape index (κ2) is 5.61. The summed E-state index contributed by atoms with van der Waals surface area (Å²) in [5.74, 6) is 0.941. The SMILES string of the molecule is CNCCNc1cc(C)cc(C)c1OC. The monoisotopic (exact) mass is 208 g/mol. The van der Waals surface area contributed by atoms with Crippen LogP contribution in [0.3, 0.4) is 0 Å². The normalized spacial score (nSPS) is 10.1. The molecule has 3 heteroatoms. The zero-order valence-electron chi connectivity index (χ0n) is 9.98. The average Bonchev–Trinajstić information content (AvgIpc) is 2.17. The van der Waals surface area contributed by atoms with Crippen molar-refractivity contribution in [2.75, 3.05) is 32.6 Å². The van der Waals surface area contributed by atoms with Gasteiger partial charge in [0.15, 0.2) is 0 Å². The fraction of sp³-hybridized carbons (Fsp3) is 0.500. The average molecular weight is 208 g/mol. The molecule has 0 spiro atoms. The third-order valence-electron chi connectivity index (χ3n) is 2.31. The molecule has 0 heterocycles. The van der Waals surface area contributed by atoms with Gasteiger partial charge in [0, 0.05) is 13.1 Å². The number of rotatable bonds is 5. The van der Waals surface area contributed by atoms with Crippen LogP contribution >= 0.6 is 0 Å². The first kappa shape index (κ1) is 11.9. The highest BCUT2D eigenvalue weighted by atomic mass is 16.5. The van der Waals surface area contributed by atoms with Crippen molar-refractivity contribution in [3.05, 3.63) is 23.3 Å². The van der Waals surface area contributed by atoms with Gasteiger partial charge in [0.25, 0.3) is 0 Å². The van der Waals surface area contributed by atoms with E-state index in [4.69, 9.17) is 4.74 Å². The summed E-state index contributed by atoms with van der Waals surface area (Å²) in [5, 5.41) is 6.46. The lowest BCUT2D eigenvalue weighted by Gasteiger charge is -2.14. The second-order valence-electron chi connectivity index (χ2n) is 3.69. The van der Waals surface area contributed by atoms with Gasteiger partial charge in [-0.1, -0.05) is 6.07 Å². The van der Waals surface area contributed by atoms with Gasteiger partial charge >= 0.3 is 0 Å². The largest absolute Gasteiger partial charge is 0.494 e. The maximum atomic E-state index is 5.38. The van der Waals surface area contributed by atoms with E-state index in [1.165, 1.54) is 11.1 Å². The lowest BCUT2D eigenvalue weighted by molar-refractivity contribution is 0.413. The molecule has 0 saturated carbocycles. The van der Waals surface area contributed by atoms with Crippen molar-refractivity contribution < 1.29 is 4.74 Å². The number of likely N-dealkylation sites (N-methyl/N-ethyl adjacent to an activating group) is 1. The van der Waals surface area contributed by atoms with Crippen LogP contribution in [0.4, 0.5) is 5.69 Å². The van der Waals surface area contributed by atoms with Gasteiger partial charge in [-0.05, 0) is 38.1 Å². The van der Waals surface area contributed by atoms with E-state index in [0.29, 0.717) is 0 Å². The molecule has 3 nitrogen and oxygen atoms in total. The maximum absolute atomic E-state index is 5.38. The number of aryl methyl sites for hydroxylation is 2. The van der Waals surface area contributed by atoms with E-state index in [1.54, 1.807) is 7.11 Å². The van der Waals surface area contributed by atoms with Gasteiger partial charge < -0.3 is 15.4 Å². The standard InChI is InChI=1S/C12H20N2O/c1-9-7-10(2)12(15-4)11(8-9)14-6-5-13-3/h7-8,13-14H,5-6H2,1-4H3. The molecule has 0 unspecified atom stereocenters. The molecule has 0 aliphatic heterocycles. The summed E-state index contributed by atoms with van der Waals surface area (Å²) < 4.78 is 5.38. The quantitative estimate of drug-likeness (QED) is 0.726. The first-order valence-electron chi connectivity index (χ1n) is 5.22. The van der Waals surface area contributed by atoms with Crippen LogP contribution in [0.1, 0.15) is 11.1 Å². The molecular weight excluding hydrogens is 188 g/mol. The zero-order valence-corrected chi connectivity index (χ0v) is 9.98. The van der Waals surface area contributed by atoms with Crippen LogP contribution in [0.25, 0.3) is 0 Å². The third-order valence-corrected chi connectivity index (χ3v) is 2.31. The lowest BCUT2D eigenvalue weighted by Crippen LogP contribution is -2.18. The fourth-order valence-electron chi connectivity index (χ4n) is 1.68. The van der Waals surface area contributed by atoms with E-state index in [-0.39, 0.29) is 0 Å². The molecule has 0 atom stereocenters. The predicted octanol–water partition coefficient (Wildman–Crippen LogP) is 1.94. The Kier molecular flexibility index (Phi) is 4.43. The highest BCUT2D eigenvalue weighted by molar-refractivity contribution is 5.61. The smallest absolute Gasteiger partial charge is 0.144 e. The Morgan fingerprint density at radius 2 is 1.93 bits per heavy atom. The minimum atomic E-state index is 0.899. The summed E-state index contributed by atoms with van der Waals surface area (Å²) in [4.78, 5) is 0. The molecule has 1 aromatic carbocycles. The van der Waals surface area contributed by atoms with E-state index < -0.39 is 0 Å². The molecule has 0 amide bonds. The van der Waals surface area contributed by atoms with Crippen LogP contribution in [0.2, 0.25) is 0 Å². The van der Waals surface area contributed by atoms with Gasteiger partial charge in [-0.2, -0.15) is 0 Å². The number of hydrogen-bond donors (Lipinski definition) is 2. The molecule has 0 bridgehead atoms. The van der Waals surface area contributed by atoms with Crippen LogP contribution in [-0.4, -0.2) is 27.2 Å². The van der Waals surface area contributed by atoms with E-state index in [0.717, 1.165) is 24.5 Å². The van der Waals surface area contributed by atoms with Crippen molar-refractivity contribution in [3.8, 4) is 5.75 Å².